The number of aromatic nitrogens is 3. The van der Waals surface area contributed by atoms with Gasteiger partial charge in [0.1, 0.15) is 6.33 Å². The summed E-state index contributed by atoms with van der Waals surface area (Å²) in [6, 6.07) is 12.6. The van der Waals surface area contributed by atoms with Crippen LogP contribution in [0.15, 0.2) is 64.4 Å². The molecule has 0 fully saturated rings. The minimum Gasteiger partial charge on any atom is -0.311 e. The van der Waals surface area contributed by atoms with E-state index in [4.69, 9.17) is 0 Å². The Kier molecular flexibility index (Phi) is 5.26. The minimum atomic E-state index is -0.412. The van der Waals surface area contributed by atoms with E-state index in [0.717, 1.165) is 24.0 Å². The zero-order valence-electron chi connectivity index (χ0n) is 15.7. The summed E-state index contributed by atoms with van der Waals surface area (Å²) in [5.74, 6) is -0.00158. The highest BCUT2D eigenvalue weighted by atomic mass is 32.2. The van der Waals surface area contributed by atoms with Gasteiger partial charge in [0.2, 0.25) is 0 Å². The quantitative estimate of drug-likeness (QED) is 0.275. The second-order valence-electron chi connectivity index (χ2n) is 6.82. The Morgan fingerprint density at radius 3 is 2.79 bits per heavy atom. The van der Waals surface area contributed by atoms with Crippen molar-refractivity contribution in [2.24, 2.45) is 7.05 Å². The smallest absolute Gasteiger partial charge is 0.283 e. The predicted octanol–water partition coefficient (Wildman–Crippen LogP) is 4.48. The molecule has 8 heteroatoms. The predicted molar refractivity (Wildman–Crippen MR) is 110 cm³/mol. The second-order valence-corrected chi connectivity index (χ2v) is 7.83. The molecule has 2 aromatic carbocycles. The van der Waals surface area contributed by atoms with Gasteiger partial charge >= 0.3 is 0 Å². The van der Waals surface area contributed by atoms with Crippen molar-refractivity contribution in [2.45, 2.75) is 29.3 Å². The molecule has 29 heavy (non-hydrogen) atoms. The Bertz CT molecular complexity index is 1140. The fourth-order valence-electron chi connectivity index (χ4n) is 3.37. The van der Waals surface area contributed by atoms with Gasteiger partial charge < -0.3 is 4.57 Å². The van der Waals surface area contributed by atoms with Crippen LogP contribution in [0.25, 0.3) is 6.08 Å². The average molecular weight is 406 g/mol. The maximum Gasteiger partial charge on any atom is 0.283 e. The van der Waals surface area contributed by atoms with Crippen LogP contribution < -0.4 is 0 Å². The highest BCUT2D eigenvalue weighted by Gasteiger charge is 2.21. The lowest BCUT2D eigenvalue weighted by Crippen LogP contribution is -2.03. The molecule has 7 nitrogen and oxygen atoms in total. The maximum atomic E-state index is 13.0. The lowest BCUT2D eigenvalue weighted by atomic mass is 9.98. The van der Waals surface area contributed by atoms with Gasteiger partial charge in [0.25, 0.3) is 5.69 Å². The van der Waals surface area contributed by atoms with Crippen molar-refractivity contribution in [3.63, 3.8) is 0 Å². The SMILES string of the molecule is Cn1cnnc1Sc1ccc(/C=C2\CCCc3ccccc3C2=O)cc1[N+](=O)[O-]. The molecule has 0 atom stereocenters. The minimum absolute atomic E-state index is 0.00158. The number of nitro groups is 1. The number of hydrogen-bond donors (Lipinski definition) is 0. The lowest BCUT2D eigenvalue weighted by molar-refractivity contribution is -0.387. The van der Waals surface area contributed by atoms with Gasteiger partial charge in [-0.2, -0.15) is 0 Å². The van der Waals surface area contributed by atoms with Gasteiger partial charge in [-0.3, -0.25) is 14.9 Å². The van der Waals surface area contributed by atoms with Gasteiger partial charge in [-0.25, -0.2) is 0 Å². The molecule has 146 valence electrons. The average Bonchev–Trinajstić information content (AvgIpc) is 3.05. The van der Waals surface area contributed by atoms with E-state index in [1.807, 2.05) is 24.3 Å². The Morgan fingerprint density at radius 1 is 1.21 bits per heavy atom. The molecule has 3 aromatic rings. The van der Waals surface area contributed by atoms with Crippen LogP contribution in [-0.4, -0.2) is 25.5 Å². The molecule has 1 aliphatic rings. The molecule has 1 aliphatic carbocycles. The zero-order valence-corrected chi connectivity index (χ0v) is 16.6. The van der Waals surface area contributed by atoms with E-state index in [0.29, 0.717) is 27.6 Å². The number of carbonyl (C=O) groups is 1. The van der Waals surface area contributed by atoms with Crippen molar-refractivity contribution < 1.29 is 9.72 Å². The lowest BCUT2D eigenvalue weighted by Gasteiger charge is -2.06. The standard InChI is InChI=1S/C21H18N4O3S/c1-24-13-22-23-21(24)29-19-10-9-14(12-18(19)25(27)28)11-16-7-4-6-15-5-2-3-8-17(15)20(16)26/h2-3,5,8-13H,4,6-7H2,1H3/b16-11+. The first-order valence-corrected chi connectivity index (χ1v) is 9.98. The molecular weight excluding hydrogens is 388 g/mol. The molecule has 0 radical (unpaired) electrons. The highest BCUT2D eigenvalue weighted by Crippen LogP contribution is 2.35. The summed E-state index contributed by atoms with van der Waals surface area (Å²) in [5, 5.41) is 20.0. The number of nitro benzene ring substituents is 1. The largest absolute Gasteiger partial charge is 0.311 e. The Balaban J connectivity index is 1.68. The van der Waals surface area contributed by atoms with Crippen molar-refractivity contribution in [1.29, 1.82) is 0 Å². The van der Waals surface area contributed by atoms with E-state index < -0.39 is 4.92 Å². The van der Waals surface area contributed by atoms with Crippen molar-refractivity contribution in [3.05, 3.63) is 81.2 Å². The summed E-state index contributed by atoms with van der Waals surface area (Å²) in [6.45, 7) is 0. The third-order valence-electron chi connectivity index (χ3n) is 4.84. The van der Waals surface area contributed by atoms with E-state index in [1.54, 1.807) is 36.2 Å². The Labute approximate surface area is 171 Å². The first-order chi connectivity index (χ1) is 14.0. The van der Waals surface area contributed by atoms with Crippen LogP contribution in [0.4, 0.5) is 5.69 Å². The van der Waals surface area contributed by atoms with E-state index in [2.05, 4.69) is 10.2 Å². The summed E-state index contributed by atoms with van der Waals surface area (Å²) < 4.78 is 1.70. The number of ketones is 1. The zero-order chi connectivity index (χ0) is 20.4. The van der Waals surface area contributed by atoms with Crippen molar-refractivity contribution in [1.82, 2.24) is 14.8 Å². The maximum absolute atomic E-state index is 13.0. The van der Waals surface area contributed by atoms with Crippen LogP contribution in [0, 0.1) is 10.1 Å². The normalized spacial score (nSPS) is 15.2. The molecule has 0 amide bonds. The number of allylic oxidation sites excluding steroid dienone is 1. The molecule has 4 rings (SSSR count). The van der Waals surface area contributed by atoms with Gasteiger partial charge in [-0.1, -0.05) is 30.3 Å². The van der Waals surface area contributed by atoms with Gasteiger partial charge in [0.15, 0.2) is 10.9 Å². The van der Waals surface area contributed by atoms with Crippen molar-refractivity contribution in [3.8, 4) is 0 Å². The first-order valence-electron chi connectivity index (χ1n) is 9.16. The third-order valence-corrected chi connectivity index (χ3v) is 5.95. The van der Waals surface area contributed by atoms with Crippen molar-refractivity contribution in [2.75, 3.05) is 0 Å². The summed E-state index contributed by atoms with van der Waals surface area (Å²) in [7, 11) is 1.78. The van der Waals surface area contributed by atoms with Gasteiger partial charge in [0.05, 0.1) is 9.82 Å². The number of nitrogens with zero attached hydrogens (tertiary/aromatic N) is 4. The number of carbonyl (C=O) groups excluding carboxylic acids is 1. The Hall–Kier alpha value is -3.26. The number of benzene rings is 2. The summed E-state index contributed by atoms with van der Waals surface area (Å²) in [6.07, 6.45) is 5.69. The van der Waals surface area contributed by atoms with Gasteiger partial charge in [0, 0.05) is 24.3 Å². The van der Waals surface area contributed by atoms with Crippen molar-refractivity contribution >= 4 is 29.3 Å². The summed E-state index contributed by atoms with van der Waals surface area (Å²) in [4.78, 5) is 24.6. The molecule has 0 bridgehead atoms. The van der Waals surface area contributed by atoms with Crippen LogP contribution in [0.1, 0.15) is 34.3 Å². The van der Waals surface area contributed by atoms with Crippen LogP contribution in [0.2, 0.25) is 0 Å². The Morgan fingerprint density at radius 2 is 2.03 bits per heavy atom. The summed E-state index contributed by atoms with van der Waals surface area (Å²) >= 11 is 1.19. The van der Waals surface area contributed by atoms with Crippen LogP contribution in [-0.2, 0) is 13.5 Å². The van der Waals surface area contributed by atoms with E-state index in [1.165, 1.54) is 17.8 Å². The molecule has 0 N–H and O–H groups in total. The summed E-state index contributed by atoms with van der Waals surface area (Å²) in [5.41, 5.74) is 3.08. The molecule has 0 saturated heterocycles. The molecule has 1 aromatic heterocycles. The molecular formula is C21H18N4O3S. The topological polar surface area (TPSA) is 90.9 Å². The van der Waals surface area contributed by atoms with Crippen LogP contribution >= 0.6 is 11.8 Å². The molecule has 0 saturated carbocycles. The fraction of sp³-hybridized carbons (Fsp3) is 0.190. The van der Waals surface area contributed by atoms with E-state index in [-0.39, 0.29) is 11.5 Å². The molecule has 0 aliphatic heterocycles. The number of fused-ring (bicyclic) bond motifs is 1. The first kappa shape index (κ1) is 19.1. The van der Waals surface area contributed by atoms with Crippen LogP contribution in [0.3, 0.4) is 0 Å². The molecule has 0 unspecified atom stereocenters. The van der Waals surface area contributed by atoms with Gasteiger partial charge in [-0.15, -0.1) is 10.2 Å². The number of hydrogen-bond acceptors (Lipinski definition) is 6. The molecule has 1 heterocycles. The second kappa shape index (κ2) is 8.00. The van der Waals surface area contributed by atoms with E-state index in [9.17, 15) is 14.9 Å². The third kappa shape index (κ3) is 3.97. The van der Waals surface area contributed by atoms with E-state index >= 15 is 0 Å². The fourth-order valence-corrected chi connectivity index (χ4v) is 4.22. The number of Topliss-reactive ketones (excluding diaryl/α,β-unsaturated/α-hetero) is 1. The highest BCUT2D eigenvalue weighted by molar-refractivity contribution is 7.99. The monoisotopic (exact) mass is 406 g/mol. The number of rotatable bonds is 4. The number of aryl methyl sites for hydroxylation is 2. The van der Waals surface area contributed by atoms with Crippen LogP contribution in [0.5, 0.6) is 0 Å². The van der Waals surface area contributed by atoms with Gasteiger partial charge in [-0.05, 0) is 54.3 Å². The molecule has 0 spiro atoms.